The molecule has 0 aliphatic carbocycles. The van der Waals surface area contributed by atoms with E-state index < -0.39 is 11.9 Å². The number of anilines is 3. The second kappa shape index (κ2) is 8.12. The van der Waals surface area contributed by atoms with Gasteiger partial charge in [-0.2, -0.15) is 5.10 Å². The van der Waals surface area contributed by atoms with E-state index >= 15 is 0 Å². The van der Waals surface area contributed by atoms with Crippen LogP contribution in [0.2, 0.25) is 0 Å². The Labute approximate surface area is 188 Å². The summed E-state index contributed by atoms with van der Waals surface area (Å²) in [5, 5.41) is 35.7. The highest BCUT2D eigenvalue weighted by atomic mass is 32.1. The van der Waals surface area contributed by atoms with Gasteiger partial charge in [-0.3, -0.25) is 9.89 Å². The summed E-state index contributed by atoms with van der Waals surface area (Å²) in [7, 11) is 0. The number of carbonyl (C=O) groups is 2. The molecule has 0 aliphatic rings. The van der Waals surface area contributed by atoms with E-state index in [0.717, 1.165) is 10.9 Å². The molecule has 0 atom stereocenters. The summed E-state index contributed by atoms with van der Waals surface area (Å²) in [5.74, 6) is -1.22. The lowest BCUT2D eigenvalue weighted by atomic mass is 10.1. The Morgan fingerprint density at radius 2 is 2.03 bits per heavy atom. The summed E-state index contributed by atoms with van der Waals surface area (Å²) in [6.07, 6.45) is 4.74. The van der Waals surface area contributed by atoms with Crippen molar-refractivity contribution in [1.29, 1.82) is 0 Å². The molecule has 0 radical (unpaired) electrons. The first-order valence-electron chi connectivity index (χ1n) is 9.48. The zero-order chi connectivity index (χ0) is 22.9. The summed E-state index contributed by atoms with van der Waals surface area (Å²) in [6, 6.07) is 6.33. The summed E-state index contributed by atoms with van der Waals surface area (Å²) in [5.41, 5.74) is 1.94. The summed E-state index contributed by atoms with van der Waals surface area (Å²) < 4.78 is 4.95. The molecule has 0 unspecified atom stereocenters. The van der Waals surface area contributed by atoms with Crippen LogP contribution in [0.15, 0.2) is 47.4 Å². The maximum absolute atomic E-state index is 12.5. The van der Waals surface area contributed by atoms with Crippen molar-refractivity contribution in [2.75, 3.05) is 10.6 Å². The Kier molecular flexibility index (Phi) is 4.99. The number of benzene rings is 1. The molecule has 0 aliphatic heterocycles. The van der Waals surface area contributed by atoms with Gasteiger partial charge in [0, 0.05) is 16.5 Å². The second-order valence-electron chi connectivity index (χ2n) is 6.92. The van der Waals surface area contributed by atoms with E-state index in [0.29, 0.717) is 27.1 Å². The van der Waals surface area contributed by atoms with Crippen LogP contribution in [0.1, 0.15) is 26.5 Å². The van der Waals surface area contributed by atoms with E-state index in [-0.39, 0.29) is 17.0 Å². The molecule has 4 heterocycles. The van der Waals surface area contributed by atoms with Gasteiger partial charge in [-0.25, -0.2) is 9.78 Å². The van der Waals surface area contributed by atoms with E-state index in [2.05, 4.69) is 41.2 Å². The number of carboxylic acid groups (broad SMARTS) is 1. The number of aromatic amines is 1. The van der Waals surface area contributed by atoms with Crippen molar-refractivity contribution in [2.24, 2.45) is 0 Å². The number of rotatable bonds is 6. The van der Waals surface area contributed by atoms with E-state index in [4.69, 9.17) is 4.52 Å². The number of hydrogen-bond acceptors (Lipinski definition) is 10. The highest BCUT2D eigenvalue weighted by Gasteiger charge is 2.19. The molecule has 0 bridgehead atoms. The van der Waals surface area contributed by atoms with Gasteiger partial charge in [0.15, 0.2) is 0 Å². The number of pyridine rings is 1. The van der Waals surface area contributed by atoms with E-state index in [9.17, 15) is 14.7 Å². The number of carboxylic acids is 1. The highest BCUT2D eigenvalue weighted by Crippen LogP contribution is 2.31. The molecule has 12 nitrogen and oxygen atoms in total. The molecule has 1 aromatic carbocycles. The predicted molar refractivity (Wildman–Crippen MR) is 119 cm³/mol. The van der Waals surface area contributed by atoms with Gasteiger partial charge in [-0.15, -0.1) is 10.2 Å². The topological polar surface area (TPSA) is 172 Å². The first-order chi connectivity index (χ1) is 16.0. The third-order valence-corrected chi connectivity index (χ3v) is 5.57. The summed E-state index contributed by atoms with van der Waals surface area (Å²) in [4.78, 5) is 28.5. The van der Waals surface area contributed by atoms with E-state index in [1.54, 1.807) is 25.4 Å². The molecule has 0 saturated heterocycles. The average Bonchev–Trinajstić information content (AvgIpc) is 3.54. The van der Waals surface area contributed by atoms with E-state index in [1.807, 2.05) is 6.07 Å². The van der Waals surface area contributed by atoms with Gasteiger partial charge in [-0.1, -0.05) is 22.6 Å². The van der Waals surface area contributed by atoms with Crippen LogP contribution in [0.5, 0.6) is 0 Å². The Hall–Kier alpha value is -4.65. The second-order valence-corrected chi connectivity index (χ2v) is 7.90. The molecule has 33 heavy (non-hydrogen) atoms. The average molecular weight is 462 g/mol. The number of H-pyrrole nitrogens is 1. The molecule has 4 aromatic heterocycles. The van der Waals surface area contributed by atoms with Crippen LogP contribution in [-0.2, 0) is 0 Å². The SMILES string of the molecule is Cc1cnoc1C(=O)Nc1cc(-c2nnc(Nc3cc4cn[nH]c4cn3)s2)ccc1C(=O)O. The third kappa shape index (κ3) is 3.99. The first-order valence-corrected chi connectivity index (χ1v) is 10.3. The Balaban J connectivity index is 1.41. The number of nitrogens with zero attached hydrogens (tertiary/aromatic N) is 5. The first kappa shape index (κ1) is 20.3. The molecule has 1 amide bonds. The lowest BCUT2D eigenvalue weighted by Crippen LogP contribution is -2.15. The molecule has 0 spiro atoms. The van der Waals surface area contributed by atoms with Gasteiger partial charge in [0.05, 0.1) is 35.4 Å². The van der Waals surface area contributed by atoms with Gasteiger partial charge in [0.1, 0.15) is 10.8 Å². The minimum absolute atomic E-state index is 0.00114. The fraction of sp³-hybridized carbons (Fsp3) is 0.0500. The Morgan fingerprint density at radius 3 is 2.82 bits per heavy atom. The van der Waals surface area contributed by atoms with Gasteiger partial charge in [0.2, 0.25) is 10.9 Å². The predicted octanol–water partition coefficient (Wildman–Crippen LogP) is 3.47. The van der Waals surface area contributed by atoms with Crippen LogP contribution in [0.3, 0.4) is 0 Å². The lowest BCUT2D eigenvalue weighted by Gasteiger charge is -2.09. The maximum Gasteiger partial charge on any atom is 0.337 e. The van der Waals surface area contributed by atoms with Gasteiger partial charge < -0.3 is 20.3 Å². The molecule has 5 rings (SSSR count). The largest absolute Gasteiger partial charge is 0.478 e. The number of hydrogen-bond donors (Lipinski definition) is 4. The number of carbonyl (C=O) groups excluding carboxylic acids is 1. The molecule has 4 N–H and O–H groups in total. The number of aryl methyl sites for hydroxylation is 1. The number of aromatic nitrogens is 6. The van der Waals surface area contributed by atoms with Crippen molar-refractivity contribution >= 4 is 50.8 Å². The highest BCUT2D eigenvalue weighted by molar-refractivity contribution is 7.18. The Morgan fingerprint density at radius 1 is 1.15 bits per heavy atom. The monoisotopic (exact) mass is 462 g/mol. The van der Waals surface area contributed by atoms with Crippen LogP contribution in [0, 0.1) is 6.92 Å². The van der Waals surface area contributed by atoms with Crippen molar-refractivity contribution in [3.05, 3.63) is 59.7 Å². The molecule has 5 aromatic rings. The summed E-state index contributed by atoms with van der Waals surface area (Å²) >= 11 is 1.24. The fourth-order valence-electron chi connectivity index (χ4n) is 3.07. The Bertz CT molecular complexity index is 1500. The normalized spacial score (nSPS) is 10.9. The van der Waals surface area contributed by atoms with Crippen LogP contribution >= 0.6 is 11.3 Å². The molecule has 13 heteroatoms. The summed E-state index contributed by atoms with van der Waals surface area (Å²) in [6.45, 7) is 1.66. The van der Waals surface area contributed by atoms with Crippen LogP contribution < -0.4 is 10.6 Å². The third-order valence-electron chi connectivity index (χ3n) is 4.68. The van der Waals surface area contributed by atoms with Crippen LogP contribution in [0.4, 0.5) is 16.6 Å². The van der Waals surface area contributed by atoms with Crippen molar-refractivity contribution in [3.63, 3.8) is 0 Å². The molecule has 0 saturated carbocycles. The molecular formula is C20H14N8O4S. The number of aromatic carboxylic acids is 1. The van der Waals surface area contributed by atoms with Crippen molar-refractivity contribution in [2.45, 2.75) is 6.92 Å². The number of amides is 1. The lowest BCUT2D eigenvalue weighted by molar-refractivity contribution is 0.0698. The van der Waals surface area contributed by atoms with Crippen LogP contribution in [-0.4, -0.2) is 47.5 Å². The van der Waals surface area contributed by atoms with Crippen molar-refractivity contribution < 1.29 is 19.2 Å². The van der Waals surface area contributed by atoms with E-state index in [1.165, 1.54) is 29.7 Å². The zero-order valence-electron chi connectivity index (χ0n) is 16.9. The maximum atomic E-state index is 12.5. The van der Waals surface area contributed by atoms with Gasteiger partial charge >= 0.3 is 5.97 Å². The number of nitrogens with one attached hydrogen (secondary N) is 3. The van der Waals surface area contributed by atoms with Crippen molar-refractivity contribution in [3.8, 4) is 10.6 Å². The van der Waals surface area contributed by atoms with Gasteiger partial charge in [0.25, 0.3) is 5.91 Å². The number of fused-ring (bicyclic) bond motifs is 1. The fourth-order valence-corrected chi connectivity index (χ4v) is 3.81. The van der Waals surface area contributed by atoms with Crippen molar-refractivity contribution in [1.82, 2.24) is 30.5 Å². The smallest absolute Gasteiger partial charge is 0.337 e. The molecule has 164 valence electrons. The standard InChI is InChI=1S/C20H14N8O4S/c1-9-6-23-32-16(9)17(29)24-13-4-10(2-3-12(13)19(30)31)18-27-28-20(33-18)25-15-5-11-7-22-26-14(11)8-21-15/h2-8H,1H3,(H,22,26)(H,24,29)(H,30,31)(H,21,25,28). The molecule has 0 fully saturated rings. The van der Waals surface area contributed by atoms with Gasteiger partial charge in [-0.05, 0) is 25.1 Å². The molecular weight excluding hydrogens is 448 g/mol. The minimum atomic E-state index is -1.19. The van der Waals surface area contributed by atoms with Crippen LogP contribution in [0.25, 0.3) is 21.5 Å². The minimum Gasteiger partial charge on any atom is -0.478 e. The zero-order valence-corrected chi connectivity index (χ0v) is 17.7. The quantitative estimate of drug-likeness (QED) is 0.293.